The van der Waals surface area contributed by atoms with E-state index in [1.54, 1.807) is 21.6 Å². The first-order valence-electron chi connectivity index (χ1n) is 5.61. The second kappa shape index (κ2) is 7.11. The Morgan fingerprint density at radius 1 is 1.31 bits per heavy atom. The zero-order chi connectivity index (χ0) is 12.8. The van der Waals surface area contributed by atoms with Crippen LogP contribution in [0, 0.1) is 0 Å². The van der Waals surface area contributed by atoms with Gasteiger partial charge >= 0.3 is 0 Å². The zero-order valence-electron chi connectivity index (χ0n) is 10.7. The first-order valence-corrected chi connectivity index (χ1v) is 7.93. The molecule has 0 saturated heterocycles. The molecule has 0 aromatic carbocycles. The Hall–Kier alpha value is 0.580. The number of nitrogens with two attached hydrogens (primary N) is 1. The lowest BCUT2D eigenvalue weighted by molar-refractivity contribution is 0.114. The molecular weight excluding hydrogens is 242 g/mol. The minimum Gasteiger partial charge on any atom is -0.394 e. The number of hydrogen-bond donors (Lipinski definition) is 3. The molecule has 0 aliphatic rings. The van der Waals surface area contributed by atoms with Gasteiger partial charge in [0, 0.05) is 16.0 Å². The standard InChI is InChI=1S/C11H25NO2S2/c1-5-11(4,12)8-10(2,3)16-15-7-9(14)6-13/h9,13-14H,5-8,12H2,1-4H3. The monoisotopic (exact) mass is 267 g/mol. The highest BCUT2D eigenvalue weighted by atomic mass is 33.1. The van der Waals surface area contributed by atoms with E-state index in [4.69, 9.17) is 10.8 Å². The molecule has 0 aliphatic carbocycles. The topological polar surface area (TPSA) is 66.5 Å². The number of aliphatic hydroxyl groups excluding tert-OH is 2. The molecule has 98 valence electrons. The van der Waals surface area contributed by atoms with E-state index in [1.807, 2.05) is 0 Å². The quantitative estimate of drug-likeness (QED) is 0.587. The molecule has 2 atom stereocenters. The molecule has 0 radical (unpaired) electrons. The maximum atomic E-state index is 9.22. The molecule has 5 heteroatoms. The highest BCUT2D eigenvalue weighted by Gasteiger charge is 2.28. The smallest absolute Gasteiger partial charge is 0.0869 e. The summed E-state index contributed by atoms with van der Waals surface area (Å²) in [6.07, 6.45) is 1.27. The molecule has 2 unspecified atom stereocenters. The van der Waals surface area contributed by atoms with Crippen LogP contribution >= 0.6 is 21.6 Å². The van der Waals surface area contributed by atoms with Crippen LogP contribution < -0.4 is 5.73 Å². The van der Waals surface area contributed by atoms with Gasteiger partial charge in [-0.3, -0.25) is 0 Å². The Labute approximate surface area is 107 Å². The average molecular weight is 267 g/mol. The van der Waals surface area contributed by atoms with Crippen molar-refractivity contribution in [3.05, 3.63) is 0 Å². The Kier molecular flexibility index (Phi) is 7.37. The van der Waals surface area contributed by atoms with Crippen molar-refractivity contribution in [2.24, 2.45) is 5.73 Å². The second-order valence-electron chi connectivity index (χ2n) is 5.15. The van der Waals surface area contributed by atoms with Crippen molar-refractivity contribution in [2.45, 2.75) is 56.9 Å². The van der Waals surface area contributed by atoms with E-state index in [0.29, 0.717) is 5.75 Å². The predicted octanol–water partition coefficient (Wildman–Crippen LogP) is 2.02. The first kappa shape index (κ1) is 16.6. The fourth-order valence-electron chi connectivity index (χ4n) is 1.45. The third-order valence-electron chi connectivity index (χ3n) is 2.39. The zero-order valence-corrected chi connectivity index (χ0v) is 12.3. The van der Waals surface area contributed by atoms with Crippen LogP contribution in [0.4, 0.5) is 0 Å². The fraction of sp³-hybridized carbons (Fsp3) is 1.00. The van der Waals surface area contributed by atoms with E-state index in [-0.39, 0.29) is 16.9 Å². The van der Waals surface area contributed by atoms with Crippen molar-refractivity contribution in [2.75, 3.05) is 12.4 Å². The van der Waals surface area contributed by atoms with Gasteiger partial charge in [-0.15, -0.1) is 0 Å². The Morgan fingerprint density at radius 3 is 2.31 bits per heavy atom. The van der Waals surface area contributed by atoms with Gasteiger partial charge in [0.05, 0.1) is 12.7 Å². The summed E-state index contributed by atoms with van der Waals surface area (Å²) in [5.41, 5.74) is 6.02. The van der Waals surface area contributed by atoms with Crippen LogP contribution in [-0.2, 0) is 0 Å². The molecule has 0 rings (SSSR count). The van der Waals surface area contributed by atoms with Gasteiger partial charge in [-0.1, -0.05) is 28.5 Å². The Balaban J connectivity index is 3.96. The minimum absolute atomic E-state index is 0.0827. The van der Waals surface area contributed by atoms with Crippen LogP contribution in [0.25, 0.3) is 0 Å². The molecule has 0 saturated carbocycles. The molecular formula is C11H25NO2S2. The lowest BCUT2D eigenvalue weighted by atomic mass is 9.89. The molecule has 0 aromatic heterocycles. The molecule has 4 N–H and O–H groups in total. The third kappa shape index (κ3) is 7.79. The Morgan fingerprint density at radius 2 is 1.88 bits per heavy atom. The molecule has 0 spiro atoms. The number of rotatable bonds is 8. The minimum atomic E-state index is -0.622. The van der Waals surface area contributed by atoms with E-state index < -0.39 is 6.10 Å². The van der Waals surface area contributed by atoms with Gasteiger partial charge in [-0.05, 0) is 33.6 Å². The molecule has 0 aliphatic heterocycles. The SMILES string of the molecule is CCC(C)(N)CC(C)(C)SSCC(O)CO. The summed E-state index contributed by atoms with van der Waals surface area (Å²) in [4.78, 5) is 0. The van der Waals surface area contributed by atoms with Crippen LogP contribution in [0.5, 0.6) is 0 Å². The van der Waals surface area contributed by atoms with Crippen molar-refractivity contribution < 1.29 is 10.2 Å². The van der Waals surface area contributed by atoms with E-state index in [1.165, 1.54) is 0 Å². The van der Waals surface area contributed by atoms with E-state index >= 15 is 0 Å². The maximum absolute atomic E-state index is 9.22. The number of hydrogen-bond acceptors (Lipinski definition) is 5. The van der Waals surface area contributed by atoms with E-state index in [0.717, 1.165) is 12.8 Å². The second-order valence-corrected chi connectivity index (χ2v) is 8.20. The summed E-state index contributed by atoms with van der Waals surface area (Å²) < 4.78 is 0.0827. The summed E-state index contributed by atoms with van der Waals surface area (Å²) in [5, 5.41) is 17.9. The van der Waals surface area contributed by atoms with Crippen molar-refractivity contribution in [1.82, 2.24) is 0 Å². The molecule has 0 bridgehead atoms. The van der Waals surface area contributed by atoms with Crippen molar-refractivity contribution in [1.29, 1.82) is 0 Å². The summed E-state index contributed by atoms with van der Waals surface area (Å²) in [6, 6.07) is 0. The highest BCUT2D eigenvalue weighted by Crippen LogP contribution is 2.41. The highest BCUT2D eigenvalue weighted by molar-refractivity contribution is 8.77. The van der Waals surface area contributed by atoms with Crippen molar-refractivity contribution >= 4 is 21.6 Å². The van der Waals surface area contributed by atoms with Crippen LogP contribution in [0.15, 0.2) is 0 Å². The molecule has 3 nitrogen and oxygen atoms in total. The lowest BCUT2D eigenvalue weighted by Crippen LogP contribution is -2.41. The third-order valence-corrected chi connectivity index (χ3v) is 5.74. The molecule has 0 heterocycles. The molecule has 0 fully saturated rings. The molecule has 16 heavy (non-hydrogen) atoms. The van der Waals surface area contributed by atoms with E-state index in [2.05, 4.69) is 27.7 Å². The van der Waals surface area contributed by atoms with Gasteiger partial charge in [0.15, 0.2) is 0 Å². The largest absolute Gasteiger partial charge is 0.394 e. The Bertz CT molecular complexity index is 198. The normalized spacial score (nSPS) is 18.2. The molecule has 0 aromatic rings. The van der Waals surface area contributed by atoms with Crippen LogP contribution in [0.3, 0.4) is 0 Å². The van der Waals surface area contributed by atoms with Gasteiger partial charge < -0.3 is 15.9 Å². The van der Waals surface area contributed by atoms with Gasteiger partial charge in [-0.25, -0.2) is 0 Å². The van der Waals surface area contributed by atoms with Gasteiger partial charge in [0.2, 0.25) is 0 Å². The predicted molar refractivity (Wildman–Crippen MR) is 74.7 cm³/mol. The summed E-state index contributed by atoms with van der Waals surface area (Å²) in [5.74, 6) is 0.554. The van der Waals surface area contributed by atoms with Crippen molar-refractivity contribution in [3.8, 4) is 0 Å². The van der Waals surface area contributed by atoms with Crippen molar-refractivity contribution in [3.63, 3.8) is 0 Å². The fourth-order valence-corrected chi connectivity index (χ4v) is 4.30. The summed E-state index contributed by atoms with van der Waals surface area (Å²) in [7, 11) is 3.33. The summed E-state index contributed by atoms with van der Waals surface area (Å²) in [6.45, 7) is 8.33. The summed E-state index contributed by atoms with van der Waals surface area (Å²) >= 11 is 0. The maximum Gasteiger partial charge on any atom is 0.0869 e. The lowest BCUT2D eigenvalue weighted by Gasteiger charge is -2.33. The van der Waals surface area contributed by atoms with Crippen LogP contribution in [0.2, 0.25) is 0 Å². The van der Waals surface area contributed by atoms with Crippen LogP contribution in [-0.4, -0.2) is 39.0 Å². The first-order chi connectivity index (χ1) is 7.22. The van der Waals surface area contributed by atoms with Gasteiger partial charge in [0.1, 0.15) is 0 Å². The van der Waals surface area contributed by atoms with Crippen LogP contribution in [0.1, 0.15) is 40.5 Å². The van der Waals surface area contributed by atoms with Gasteiger partial charge in [0.25, 0.3) is 0 Å². The van der Waals surface area contributed by atoms with E-state index in [9.17, 15) is 5.11 Å². The van der Waals surface area contributed by atoms with Gasteiger partial charge in [-0.2, -0.15) is 0 Å². The average Bonchev–Trinajstić information content (AvgIpc) is 2.15. The number of aliphatic hydroxyl groups is 2. The molecule has 0 amide bonds.